The van der Waals surface area contributed by atoms with E-state index in [0.717, 1.165) is 173 Å². The minimum atomic E-state index is -5.00. The number of aliphatic hydroxyl groups excluding tert-OH is 1. The number of hydrogen-bond acceptors (Lipinski definition) is 15. The summed E-state index contributed by atoms with van der Waals surface area (Å²) in [6.07, 6.45) is 80.2. The topological polar surface area (TPSA) is 237 Å². The van der Waals surface area contributed by atoms with E-state index in [9.17, 15) is 43.2 Å². The van der Waals surface area contributed by atoms with Gasteiger partial charge >= 0.3 is 39.5 Å². The number of phosphoric ester groups is 2. The van der Waals surface area contributed by atoms with Gasteiger partial charge in [-0.05, 0) is 148 Å². The number of unbranched alkanes of at least 4 members (excludes halogenated alkanes) is 23. The molecule has 0 aromatic carbocycles. The lowest BCUT2D eigenvalue weighted by molar-refractivity contribution is -0.161. The summed E-state index contributed by atoms with van der Waals surface area (Å²) in [4.78, 5) is 72.9. The first-order chi connectivity index (χ1) is 48.7. The van der Waals surface area contributed by atoms with Crippen molar-refractivity contribution in [2.45, 2.75) is 316 Å². The van der Waals surface area contributed by atoms with Crippen LogP contribution in [0.2, 0.25) is 0 Å². The van der Waals surface area contributed by atoms with E-state index in [4.69, 9.17) is 37.0 Å². The third kappa shape index (κ3) is 71.6. The van der Waals surface area contributed by atoms with Crippen LogP contribution < -0.4 is 0 Å². The van der Waals surface area contributed by atoms with Crippen molar-refractivity contribution < 1.29 is 80.2 Å². The van der Waals surface area contributed by atoms with Gasteiger partial charge < -0.3 is 33.8 Å². The summed E-state index contributed by atoms with van der Waals surface area (Å²) < 4.78 is 68.4. The molecule has 0 aromatic rings. The highest BCUT2D eigenvalue weighted by atomic mass is 31.2. The average molecular weight is 1440 g/mol. The van der Waals surface area contributed by atoms with Crippen LogP contribution in [-0.2, 0) is 65.4 Å². The first kappa shape index (κ1) is 95.2. The van der Waals surface area contributed by atoms with Crippen molar-refractivity contribution in [3.05, 3.63) is 134 Å². The van der Waals surface area contributed by atoms with Crippen LogP contribution in [0.25, 0.3) is 0 Å². The molecule has 5 unspecified atom stereocenters. The van der Waals surface area contributed by atoms with Gasteiger partial charge in [0.15, 0.2) is 12.2 Å². The van der Waals surface area contributed by atoms with Crippen molar-refractivity contribution in [3.8, 4) is 0 Å². The van der Waals surface area contributed by atoms with Gasteiger partial charge in [0.25, 0.3) is 0 Å². The Hall–Kier alpha value is -4.80. The highest BCUT2D eigenvalue weighted by Gasteiger charge is 2.30. The first-order valence-electron chi connectivity index (χ1n) is 38.4. The Morgan fingerprint density at radius 2 is 0.550 bits per heavy atom. The lowest BCUT2D eigenvalue weighted by atomic mass is 10.1. The minimum Gasteiger partial charge on any atom is -0.462 e. The Labute approximate surface area is 605 Å². The smallest absolute Gasteiger partial charge is 0.462 e. The van der Waals surface area contributed by atoms with Crippen LogP contribution in [0.4, 0.5) is 0 Å². The number of hydrogen-bond donors (Lipinski definition) is 3. The molecule has 0 rings (SSSR count). The molecule has 0 saturated heterocycles. The second kappa shape index (κ2) is 72.5. The van der Waals surface area contributed by atoms with Gasteiger partial charge in [0.05, 0.1) is 26.4 Å². The quantitative estimate of drug-likeness (QED) is 0.0169. The van der Waals surface area contributed by atoms with Gasteiger partial charge in [-0.1, -0.05) is 258 Å². The van der Waals surface area contributed by atoms with Gasteiger partial charge in [0.2, 0.25) is 0 Å². The molecule has 572 valence electrons. The Bertz CT molecular complexity index is 2420. The van der Waals surface area contributed by atoms with E-state index in [2.05, 4.69) is 149 Å². The number of aliphatic hydroxyl groups is 1. The molecule has 0 spiro atoms. The van der Waals surface area contributed by atoms with Gasteiger partial charge in [-0.2, -0.15) is 0 Å². The number of carbonyl (C=O) groups is 4. The molecule has 0 aliphatic rings. The Morgan fingerprint density at radius 3 is 0.890 bits per heavy atom. The van der Waals surface area contributed by atoms with E-state index in [1.54, 1.807) is 0 Å². The van der Waals surface area contributed by atoms with E-state index >= 15 is 0 Å². The van der Waals surface area contributed by atoms with Crippen LogP contribution in [0.5, 0.6) is 0 Å². The molecule has 0 fully saturated rings. The summed E-state index contributed by atoms with van der Waals surface area (Å²) >= 11 is 0. The summed E-state index contributed by atoms with van der Waals surface area (Å²) in [6.45, 7) is 4.46. The highest BCUT2D eigenvalue weighted by Crippen LogP contribution is 2.45. The zero-order valence-electron chi connectivity index (χ0n) is 62.3. The Balaban J connectivity index is 5.43. The van der Waals surface area contributed by atoms with E-state index < -0.39 is 97.5 Å². The highest BCUT2D eigenvalue weighted by molar-refractivity contribution is 7.47. The lowest BCUT2D eigenvalue weighted by Crippen LogP contribution is -2.30. The van der Waals surface area contributed by atoms with Gasteiger partial charge in [0.1, 0.15) is 19.3 Å². The zero-order valence-corrected chi connectivity index (χ0v) is 64.1. The number of ether oxygens (including phenoxy) is 4. The molecular weight excluding hydrogens is 1310 g/mol. The molecule has 0 aromatic heterocycles. The van der Waals surface area contributed by atoms with Crippen LogP contribution in [0.15, 0.2) is 134 Å². The number of allylic oxidation sites excluding steroid dienone is 22. The van der Waals surface area contributed by atoms with Crippen LogP contribution >= 0.6 is 15.6 Å². The summed E-state index contributed by atoms with van der Waals surface area (Å²) in [5.41, 5.74) is 0. The molecule has 0 heterocycles. The normalized spacial score (nSPS) is 14.7. The fourth-order valence-electron chi connectivity index (χ4n) is 9.77. The minimum absolute atomic E-state index is 0.0593. The SMILES string of the molecule is CC/C=C\C/C=C\C/C=C\C/C=C\C/C=C\CCCC(=O)OCC(COP(=O)(O)OCC(O)COP(=O)(O)OCC(COC(=O)CCCCCCC/C=C\CCCCCCCC)OC(=O)CCCCCCC/C=C\C/C=C\CCC)OC(=O)CCCCCCC/C=C\C/C=C\C/C=C\CC. The maximum Gasteiger partial charge on any atom is 0.472 e. The van der Waals surface area contributed by atoms with E-state index in [0.29, 0.717) is 32.1 Å². The molecule has 0 saturated carbocycles. The summed E-state index contributed by atoms with van der Waals surface area (Å²) in [6, 6.07) is 0. The second-order valence-electron chi connectivity index (χ2n) is 25.2. The molecule has 0 aliphatic heterocycles. The second-order valence-corrected chi connectivity index (χ2v) is 28.1. The molecule has 100 heavy (non-hydrogen) atoms. The molecule has 5 atom stereocenters. The molecule has 0 bridgehead atoms. The lowest BCUT2D eigenvalue weighted by Gasteiger charge is -2.21. The number of phosphoric acid groups is 2. The number of carbonyl (C=O) groups excluding carboxylic acids is 4. The maximum atomic E-state index is 13.1. The molecule has 0 amide bonds. The maximum absolute atomic E-state index is 13.1. The van der Waals surface area contributed by atoms with Crippen LogP contribution in [-0.4, -0.2) is 96.7 Å². The fourth-order valence-corrected chi connectivity index (χ4v) is 11.4. The largest absolute Gasteiger partial charge is 0.472 e. The summed E-state index contributed by atoms with van der Waals surface area (Å²) in [5.74, 6) is -2.29. The molecule has 0 aliphatic carbocycles. The summed E-state index contributed by atoms with van der Waals surface area (Å²) in [7, 11) is -9.98. The van der Waals surface area contributed by atoms with E-state index in [-0.39, 0.29) is 25.7 Å². The average Bonchev–Trinajstić information content (AvgIpc) is 1.06. The fraction of sp³-hybridized carbons (Fsp3) is 0.679. The molecule has 3 N–H and O–H groups in total. The van der Waals surface area contributed by atoms with Crippen LogP contribution in [0.3, 0.4) is 0 Å². The van der Waals surface area contributed by atoms with Gasteiger partial charge in [-0.3, -0.25) is 37.3 Å². The van der Waals surface area contributed by atoms with Crippen molar-refractivity contribution in [1.29, 1.82) is 0 Å². The molecule has 17 nitrogen and oxygen atoms in total. The van der Waals surface area contributed by atoms with Crippen LogP contribution in [0.1, 0.15) is 297 Å². The van der Waals surface area contributed by atoms with Crippen molar-refractivity contribution in [2.24, 2.45) is 0 Å². The predicted molar refractivity (Wildman–Crippen MR) is 408 cm³/mol. The van der Waals surface area contributed by atoms with E-state index in [1.165, 1.54) is 38.5 Å². The van der Waals surface area contributed by atoms with Gasteiger partial charge in [0, 0.05) is 25.7 Å². The van der Waals surface area contributed by atoms with Gasteiger partial charge in [-0.15, -0.1) is 0 Å². The molecule has 0 radical (unpaired) electrons. The third-order valence-corrected chi connectivity index (χ3v) is 17.5. The Kier molecular flexibility index (Phi) is 69.1. The molecular formula is C81H136O17P2. The summed E-state index contributed by atoms with van der Waals surface area (Å²) in [5, 5.41) is 10.6. The van der Waals surface area contributed by atoms with Gasteiger partial charge in [-0.25, -0.2) is 9.13 Å². The van der Waals surface area contributed by atoms with Crippen molar-refractivity contribution in [2.75, 3.05) is 39.6 Å². The van der Waals surface area contributed by atoms with E-state index in [1.807, 2.05) is 12.2 Å². The standard InChI is InChI=1S/C81H136O17P2/c1-5-9-13-17-21-25-29-33-36-37-40-43-46-50-54-58-62-66-79(84)92-72-77(98-81(86)68-64-60-56-52-48-44-39-35-31-27-23-19-15-11-7-3)74-96-100(89,90)94-70-75(82)69-93-99(87,88)95-73-76(97-80(85)67-63-59-55-51-47-41-32-28-24-20-16-12-8-4)71-91-78(83)65-61-57-53-49-45-42-38-34-30-26-22-18-14-10-6-2/h9,11,13,15-16,20-21,23,25,27-28,32-36,38-40,43,50,54,75-77,82H,5-8,10,12,14,17-19,22,24,26,29-31,37,41-42,44-49,51-53,55-74H2,1-4H3,(H,87,88)(H,89,90)/b13-9-,15-11-,20-16-,25-21-,27-23-,32-28-,36-33-,38-34-,39-35-,43-40-,54-50-. The van der Waals surface area contributed by atoms with Crippen molar-refractivity contribution >= 4 is 39.5 Å². The van der Waals surface area contributed by atoms with Crippen molar-refractivity contribution in [3.63, 3.8) is 0 Å². The predicted octanol–water partition coefficient (Wildman–Crippen LogP) is 22.1. The number of esters is 4. The third-order valence-electron chi connectivity index (χ3n) is 15.6. The first-order valence-corrected chi connectivity index (χ1v) is 41.4. The number of rotatable bonds is 71. The Morgan fingerprint density at radius 1 is 0.290 bits per heavy atom. The monoisotopic (exact) mass is 1440 g/mol. The van der Waals surface area contributed by atoms with Crippen molar-refractivity contribution in [1.82, 2.24) is 0 Å². The van der Waals surface area contributed by atoms with Crippen LogP contribution in [0, 0.1) is 0 Å². The molecule has 19 heteroatoms. The zero-order chi connectivity index (χ0) is 73.2.